The molecule has 0 bridgehead atoms. The van der Waals surface area contributed by atoms with Crippen molar-refractivity contribution in [3.8, 4) is 0 Å². The third-order valence-electron chi connectivity index (χ3n) is 9.77. The maximum absolute atomic E-state index is 14.7. The van der Waals surface area contributed by atoms with Gasteiger partial charge in [-0.25, -0.2) is 9.59 Å². The van der Waals surface area contributed by atoms with Gasteiger partial charge in [0.2, 0.25) is 12.2 Å². The number of ether oxygens (including phenoxy) is 4. The number of esters is 3. The van der Waals surface area contributed by atoms with Gasteiger partial charge in [0.1, 0.15) is 23.0 Å². The summed E-state index contributed by atoms with van der Waals surface area (Å²) in [5.74, 6) is -4.01. The lowest BCUT2D eigenvalue weighted by atomic mass is 9.82. The molecule has 1 saturated heterocycles. The topological polar surface area (TPSA) is 150 Å². The first-order chi connectivity index (χ1) is 26.6. The minimum atomic E-state index is -2.09. The van der Waals surface area contributed by atoms with Gasteiger partial charge >= 0.3 is 17.9 Å². The quantitative estimate of drug-likeness (QED) is 0.0514. The van der Waals surface area contributed by atoms with Crippen LogP contribution in [0.15, 0.2) is 42.6 Å². The Bertz CT molecular complexity index is 1670. The Kier molecular flexibility index (Phi) is 17.6. The van der Waals surface area contributed by atoms with Crippen molar-refractivity contribution in [3.05, 3.63) is 48.2 Å². The van der Waals surface area contributed by atoms with Gasteiger partial charge in [0.05, 0.1) is 12.3 Å². The zero-order valence-corrected chi connectivity index (χ0v) is 36.3. The van der Waals surface area contributed by atoms with Gasteiger partial charge in [-0.3, -0.25) is 14.4 Å². The molecule has 57 heavy (non-hydrogen) atoms. The van der Waals surface area contributed by atoms with Crippen molar-refractivity contribution in [2.45, 2.75) is 188 Å². The van der Waals surface area contributed by atoms with E-state index in [1.165, 1.54) is 19.3 Å². The summed E-state index contributed by atoms with van der Waals surface area (Å²) in [6.07, 6.45) is 14.5. The Morgan fingerprint density at radius 2 is 1.47 bits per heavy atom. The first kappa shape index (κ1) is 47.4. The summed E-state index contributed by atoms with van der Waals surface area (Å²) < 4.78 is 23.7. The lowest BCUT2D eigenvalue weighted by Crippen LogP contribution is -2.55. The number of Topliss-reactive ketones (excluding diaryl/α,β-unsaturated/α-hetero) is 1. The number of fused-ring (bicyclic) bond motifs is 1. The van der Waals surface area contributed by atoms with Gasteiger partial charge < -0.3 is 29.2 Å². The van der Waals surface area contributed by atoms with Crippen LogP contribution >= 0.6 is 0 Å². The van der Waals surface area contributed by atoms with Crippen molar-refractivity contribution in [2.24, 2.45) is 11.3 Å². The Morgan fingerprint density at radius 1 is 0.860 bits per heavy atom. The maximum atomic E-state index is 14.7. The highest BCUT2D eigenvalue weighted by Crippen LogP contribution is 2.42. The fourth-order valence-corrected chi connectivity index (χ4v) is 6.85. The van der Waals surface area contributed by atoms with E-state index in [1.54, 1.807) is 53.8 Å². The molecule has 11 nitrogen and oxygen atoms in total. The normalized spacial score (nSPS) is 18.7. The number of para-hydroxylation sites is 1. The molecule has 0 saturated carbocycles. The average Bonchev–Trinajstić information content (AvgIpc) is 3.66. The molecule has 11 heteroatoms. The summed E-state index contributed by atoms with van der Waals surface area (Å²) in [5, 5.41) is 3.78. The number of amides is 1. The Labute approximate surface area is 340 Å². The molecule has 2 aromatic rings. The summed E-state index contributed by atoms with van der Waals surface area (Å²) in [6, 6.07) is 6.50. The molecule has 1 aromatic carbocycles. The third kappa shape index (κ3) is 15.4. The summed E-state index contributed by atoms with van der Waals surface area (Å²) in [5.41, 5.74) is -2.85. The molecule has 1 aliphatic heterocycles. The smallest absolute Gasteiger partial charge is 0.342 e. The number of carbonyl (C=O) groups excluding carboxylic acids is 5. The van der Waals surface area contributed by atoms with Crippen LogP contribution in [0.3, 0.4) is 0 Å². The average molecular weight is 795 g/mol. The van der Waals surface area contributed by atoms with Crippen LogP contribution in [0.5, 0.6) is 0 Å². The number of cyclic esters (lactones) is 1. The number of hydrogen-bond donors (Lipinski definition) is 2. The Hall–Kier alpha value is -3.99. The fraction of sp³-hybridized carbons (Fsp3) is 0.674. The highest BCUT2D eigenvalue weighted by atomic mass is 16.8. The molecule has 0 unspecified atom stereocenters. The molecule has 2 N–H and O–H groups in total. The number of rotatable bonds is 22. The van der Waals surface area contributed by atoms with Crippen molar-refractivity contribution < 1.29 is 42.9 Å². The van der Waals surface area contributed by atoms with Crippen LogP contribution in [-0.4, -0.2) is 63.7 Å². The monoisotopic (exact) mass is 795 g/mol. The van der Waals surface area contributed by atoms with Crippen LogP contribution in [-0.2, 0) is 49.3 Å². The SMILES string of the molecule is CCCCCCCC(=O)CCCCCC/C=C/[C@H](C(=O)N[C@@H](Cc1c[nH]c2ccccc12)C(=O)OC(C)(C)C)[C@]1(CC(=O)OC(C)(C)C)O[C@H](C(C)(C)C)OC1=O. The lowest BCUT2D eigenvalue weighted by Gasteiger charge is -2.33. The Morgan fingerprint density at radius 3 is 2.07 bits per heavy atom. The van der Waals surface area contributed by atoms with E-state index in [4.69, 9.17) is 18.9 Å². The van der Waals surface area contributed by atoms with Crippen LogP contribution in [0.2, 0.25) is 0 Å². The number of carbonyl (C=O) groups is 5. The number of ketones is 1. The number of unbranched alkanes of at least 4 members (excludes halogenated alkanes) is 8. The minimum absolute atomic E-state index is 0.0947. The fourth-order valence-electron chi connectivity index (χ4n) is 6.85. The van der Waals surface area contributed by atoms with Crippen LogP contribution < -0.4 is 5.32 Å². The lowest BCUT2D eigenvalue weighted by molar-refractivity contribution is -0.178. The maximum Gasteiger partial charge on any atom is 0.342 e. The first-order valence-corrected chi connectivity index (χ1v) is 21.0. The summed E-state index contributed by atoms with van der Waals surface area (Å²) in [7, 11) is 0. The van der Waals surface area contributed by atoms with Crippen LogP contribution in [0.1, 0.15) is 158 Å². The highest BCUT2D eigenvalue weighted by Gasteiger charge is 2.61. The highest BCUT2D eigenvalue weighted by molar-refractivity contribution is 5.97. The molecule has 1 amide bonds. The number of nitrogens with one attached hydrogen (secondary N) is 2. The van der Waals surface area contributed by atoms with Gasteiger partial charge in [0.15, 0.2) is 5.60 Å². The van der Waals surface area contributed by atoms with E-state index in [0.717, 1.165) is 55.0 Å². The standard InChI is InChI=1S/C46H70N2O9/c1-11-12-13-16-19-24-33(49)25-20-17-14-15-18-21-27-35(46(30-38(50)55-44(5,6)7)41(53)54-42(57-46)43(2,3)4)39(51)48-37(40(52)56-45(8,9)10)29-32-31-47-36-28-23-22-26-34(32)36/h21-23,26-28,31,35,37,42,47H,11-20,24-25,29-30H2,1-10H3,(H,48,51)/b27-21+/t35-,37+,42-,46+/m1/s1. The van der Waals surface area contributed by atoms with E-state index in [9.17, 15) is 24.0 Å². The molecule has 0 aliphatic carbocycles. The molecule has 1 aromatic heterocycles. The van der Waals surface area contributed by atoms with Crippen molar-refractivity contribution in [1.29, 1.82) is 0 Å². The largest absolute Gasteiger partial charge is 0.460 e. The summed E-state index contributed by atoms with van der Waals surface area (Å²) in [4.78, 5) is 71.7. The number of benzene rings is 1. The molecule has 318 valence electrons. The van der Waals surface area contributed by atoms with Gasteiger partial charge in [-0.15, -0.1) is 0 Å². The third-order valence-corrected chi connectivity index (χ3v) is 9.77. The van der Waals surface area contributed by atoms with E-state index >= 15 is 0 Å². The number of H-pyrrole nitrogens is 1. The number of aromatic amines is 1. The molecule has 1 fully saturated rings. The predicted molar refractivity (Wildman–Crippen MR) is 222 cm³/mol. The summed E-state index contributed by atoms with van der Waals surface area (Å²) >= 11 is 0. The van der Waals surface area contributed by atoms with Gasteiger partial charge in [-0.2, -0.15) is 0 Å². The molecule has 0 radical (unpaired) electrons. The van der Waals surface area contributed by atoms with Gasteiger partial charge in [-0.05, 0) is 78.9 Å². The second-order valence-electron chi connectivity index (χ2n) is 18.6. The molecule has 0 spiro atoms. The second kappa shape index (κ2) is 21.1. The van der Waals surface area contributed by atoms with Crippen LogP contribution in [0.25, 0.3) is 10.9 Å². The van der Waals surface area contributed by atoms with Crippen molar-refractivity contribution in [3.63, 3.8) is 0 Å². The van der Waals surface area contributed by atoms with E-state index in [0.29, 0.717) is 25.0 Å². The van der Waals surface area contributed by atoms with Crippen LogP contribution in [0.4, 0.5) is 0 Å². The summed E-state index contributed by atoms with van der Waals surface area (Å²) in [6.45, 7) is 18.1. The van der Waals surface area contributed by atoms with E-state index in [2.05, 4.69) is 17.2 Å². The first-order valence-electron chi connectivity index (χ1n) is 21.0. The molecule has 1 aliphatic rings. The van der Waals surface area contributed by atoms with Crippen molar-refractivity contribution >= 4 is 40.5 Å². The van der Waals surface area contributed by atoms with Crippen molar-refractivity contribution in [1.82, 2.24) is 10.3 Å². The van der Waals surface area contributed by atoms with E-state index < -0.39 is 70.7 Å². The molecule has 3 rings (SSSR count). The van der Waals surface area contributed by atoms with Gasteiger partial charge in [0.25, 0.3) is 0 Å². The number of aromatic nitrogens is 1. The Balaban J connectivity index is 1.90. The van der Waals surface area contributed by atoms with E-state index in [1.807, 2.05) is 51.1 Å². The molecular weight excluding hydrogens is 725 g/mol. The van der Waals surface area contributed by atoms with Crippen molar-refractivity contribution in [2.75, 3.05) is 0 Å². The number of allylic oxidation sites excluding steroid dienone is 1. The second-order valence-corrected chi connectivity index (χ2v) is 18.6. The zero-order chi connectivity index (χ0) is 42.4. The van der Waals surface area contributed by atoms with Gasteiger partial charge in [-0.1, -0.05) is 96.6 Å². The predicted octanol–water partition coefficient (Wildman–Crippen LogP) is 9.40. The molecule has 4 atom stereocenters. The van der Waals surface area contributed by atoms with Crippen LogP contribution in [0, 0.1) is 11.3 Å². The molecular formula is C46H70N2O9. The zero-order valence-electron chi connectivity index (χ0n) is 36.3. The minimum Gasteiger partial charge on any atom is -0.460 e. The number of hydrogen-bond acceptors (Lipinski definition) is 9. The van der Waals surface area contributed by atoms with E-state index in [-0.39, 0.29) is 6.42 Å². The van der Waals surface area contributed by atoms with Gasteiger partial charge in [0, 0.05) is 41.8 Å². The molecule has 2 heterocycles.